The van der Waals surface area contributed by atoms with Crippen LogP contribution in [-0.4, -0.2) is 60.4 Å². The topological polar surface area (TPSA) is 45.7 Å². The molecule has 8 heteroatoms. The number of aryl methyl sites for hydroxylation is 2. The lowest BCUT2D eigenvalue weighted by molar-refractivity contribution is -0.118. The van der Waals surface area contributed by atoms with Gasteiger partial charge in [-0.15, -0.1) is 24.2 Å². The number of carbonyl (C=O) groups excluding carboxylic acids is 1. The fourth-order valence-electron chi connectivity index (χ4n) is 4.31. The van der Waals surface area contributed by atoms with Gasteiger partial charge in [0.2, 0.25) is 5.91 Å². The molecule has 1 aromatic heterocycles. The summed E-state index contributed by atoms with van der Waals surface area (Å²) in [5.74, 6) is 0.111. The second kappa shape index (κ2) is 13.1. The number of halogens is 1. The fraction of sp³-hybridized carbons (Fsp3) is 0.481. The monoisotopic (exact) mass is 533 g/mol. The molecule has 3 aromatic rings. The van der Waals surface area contributed by atoms with Gasteiger partial charge in [0.15, 0.2) is 5.13 Å². The van der Waals surface area contributed by atoms with E-state index in [1.54, 1.807) is 11.3 Å². The first kappa shape index (κ1) is 27.9. The first-order valence-electron chi connectivity index (χ1n) is 12.1. The van der Waals surface area contributed by atoms with Gasteiger partial charge in [-0.1, -0.05) is 43.4 Å². The third-order valence-electron chi connectivity index (χ3n) is 5.96. The first-order valence-corrected chi connectivity index (χ1v) is 13.8. The molecule has 5 nitrogen and oxygen atoms in total. The summed E-state index contributed by atoms with van der Waals surface area (Å²) in [6, 6.07) is 12.7. The van der Waals surface area contributed by atoms with E-state index >= 15 is 0 Å². The molecule has 0 N–H and O–H groups in total. The van der Waals surface area contributed by atoms with E-state index in [9.17, 15) is 4.79 Å². The molecule has 0 atom stereocenters. The molecular weight excluding hydrogens is 498 g/mol. The highest BCUT2D eigenvalue weighted by Crippen LogP contribution is 2.32. The summed E-state index contributed by atoms with van der Waals surface area (Å²) < 4.78 is 6.62. The van der Waals surface area contributed by atoms with E-state index in [0.717, 1.165) is 65.7 Å². The van der Waals surface area contributed by atoms with Crippen LogP contribution in [0.15, 0.2) is 41.3 Å². The van der Waals surface area contributed by atoms with E-state index in [0.29, 0.717) is 18.2 Å². The molecule has 0 spiro atoms. The maximum absolute atomic E-state index is 13.5. The van der Waals surface area contributed by atoms with Crippen LogP contribution in [0.25, 0.3) is 10.2 Å². The minimum Gasteiger partial charge on any atom is -0.379 e. The maximum atomic E-state index is 13.5. The van der Waals surface area contributed by atoms with Gasteiger partial charge in [-0.05, 0) is 55.2 Å². The Morgan fingerprint density at radius 3 is 2.57 bits per heavy atom. The van der Waals surface area contributed by atoms with E-state index < -0.39 is 0 Å². The average molecular weight is 534 g/mol. The zero-order chi connectivity index (χ0) is 24.1. The van der Waals surface area contributed by atoms with Crippen LogP contribution in [-0.2, 0) is 16.0 Å². The van der Waals surface area contributed by atoms with Gasteiger partial charge < -0.3 is 4.74 Å². The average Bonchev–Trinajstić information content (AvgIpc) is 3.22. The van der Waals surface area contributed by atoms with Gasteiger partial charge in [-0.3, -0.25) is 14.6 Å². The van der Waals surface area contributed by atoms with E-state index in [-0.39, 0.29) is 18.3 Å². The number of fused-ring (bicyclic) bond motifs is 1. The number of thiazole rings is 1. The lowest BCUT2D eigenvalue weighted by Gasteiger charge is -2.27. The van der Waals surface area contributed by atoms with Gasteiger partial charge >= 0.3 is 0 Å². The molecule has 35 heavy (non-hydrogen) atoms. The van der Waals surface area contributed by atoms with Crippen molar-refractivity contribution in [3.63, 3.8) is 0 Å². The van der Waals surface area contributed by atoms with Crippen molar-refractivity contribution >= 4 is 56.8 Å². The van der Waals surface area contributed by atoms with Gasteiger partial charge in [-0.25, -0.2) is 4.98 Å². The van der Waals surface area contributed by atoms with Gasteiger partial charge in [0.25, 0.3) is 0 Å². The molecule has 1 aliphatic rings. The summed E-state index contributed by atoms with van der Waals surface area (Å²) in [6.07, 6.45) is 1.31. The zero-order valence-corrected chi connectivity index (χ0v) is 23.5. The van der Waals surface area contributed by atoms with Gasteiger partial charge in [0.1, 0.15) is 0 Å². The Kier molecular flexibility index (Phi) is 10.4. The summed E-state index contributed by atoms with van der Waals surface area (Å²) in [7, 11) is 0. The molecule has 0 radical (unpaired) electrons. The smallest absolute Gasteiger partial charge is 0.233 e. The SMILES string of the molecule is Cc1cc(C)c2nc(N(CCCN3CCOCC3)C(=O)Cc3ccc(SC(C)C)cc3)sc2c1.Cl. The number of carbonyl (C=O) groups is 1. The highest BCUT2D eigenvalue weighted by molar-refractivity contribution is 7.99. The van der Waals surface area contributed by atoms with E-state index in [1.807, 2.05) is 16.7 Å². The van der Waals surface area contributed by atoms with Crippen molar-refractivity contribution in [3.05, 3.63) is 53.1 Å². The van der Waals surface area contributed by atoms with Crippen molar-refractivity contribution in [2.75, 3.05) is 44.3 Å². The number of hydrogen-bond donors (Lipinski definition) is 0. The number of thioether (sulfide) groups is 1. The zero-order valence-electron chi connectivity index (χ0n) is 21.1. The summed E-state index contributed by atoms with van der Waals surface area (Å²) in [5, 5.41) is 1.35. The van der Waals surface area contributed by atoms with Crippen molar-refractivity contribution in [2.24, 2.45) is 0 Å². The Hall–Kier alpha value is -1.64. The summed E-state index contributed by atoms with van der Waals surface area (Å²) in [5.41, 5.74) is 4.44. The van der Waals surface area contributed by atoms with Crippen LogP contribution < -0.4 is 4.90 Å². The van der Waals surface area contributed by atoms with Crippen molar-refractivity contribution < 1.29 is 9.53 Å². The van der Waals surface area contributed by atoms with E-state index in [1.165, 1.54) is 10.5 Å². The van der Waals surface area contributed by atoms with Gasteiger partial charge in [-0.2, -0.15) is 0 Å². The second-order valence-corrected chi connectivity index (χ2v) is 11.9. The Bertz CT molecular complexity index is 1110. The van der Waals surface area contributed by atoms with Crippen LogP contribution in [0.4, 0.5) is 5.13 Å². The predicted octanol–water partition coefficient (Wildman–Crippen LogP) is 6.13. The molecule has 190 valence electrons. The molecule has 1 fully saturated rings. The number of morpholine rings is 1. The minimum absolute atomic E-state index is 0. The summed E-state index contributed by atoms with van der Waals surface area (Å²) in [6.45, 7) is 13.8. The molecular formula is C27H36ClN3O2S2. The highest BCUT2D eigenvalue weighted by atomic mass is 35.5. The van der Waals surface area contributed by atoms with Crippen LogP contribution in [0.3, 0.4) is 0 Å². The predicted molar refractivity (Wildman–Crippen MR) is 152 cm³/mol. The Morgan fingerprint density at radius 2 is 1.89 bits per heavy atom. The first-order chi connectivity index (χ1) is 16.4. The molecule has 1 saturated heterocycles. The van der Waals surface area contributed by atoms with Crippen LogP contribution in [0.2, 0.25) is 0 Å². The fourth-order valence-corrected chi connectivity index (χ4v) is 6.33. The molecule has 0 aliphatic carbocycles. The van der Waals surface area contributed by atoms with Crippen molar-refractivity contribution in [2.45, 2.75) is 50.7 Å². The Labute approximate surface area is 223 Å². The largest absolute Gasteiger partial charge is 0.379 e. The quantitative estimate of drug-likeness (QED) is 0.309. The number of hydrogen-bond acceptors (Lipinski definition) is 6. The minimum atomic E-state index is 0. The number of anilines is 1. The number of ether oxygens (including phenoxy) is 1. The molecule has 0 unspecified atom stereocenters. The number of benzene rings is 2. The number of rotatable bonds is 9. The van der Waals surface area contributed by atoms with Crippen LogP contribution in [0.1, 0.15) is 37.0 Å². The summed E-state index contributed by atoms with van der Waals surface area (Å²) >= 11 is 3.47. The number of amides is 1. The molecule has 0 bridgehead atoms. The standard InChI is InChI=1S/C27H35N3O2S2.ClH/c1-19(2)33-23-8-6-22(7-9-23)18-25(31)30(11-5-10-29-12-14-32-15-13-29)27-28-26-21(4)16-20(3)17-24(26)34-27;/h6-9,16-17,19H,5,10-15,18H2,1-4H3;1H. The van der Waals surface area contributed by atoms with Crippen molar-refractivity contribution in [3.8, 4) is 0 Å². The van der Waals surface area contributed by atoms with Crippen LogP contribution in [0.5, 0.6) is 0 Å². The third kappa shape index (κ3) is 7.67. The van der Waals surface area contributed by atoms with Crippen LogP contribution >= 0.6 is 35.5 Å². The summed E-state index contributed by atoms with van der Waals surface area (Å²) in [4.78, 5) is 24.0. The molecule has 1 amide bonds. The Morgan fingerprint density at radius 1 is 1.17 bits per heavy atom. The molecule has 4 rings (SSSR count). The third-order valence-corrected chi connectivity index (χ3v) is 8.00. The number of aromatic nitrogens is 1. The molecule has 2 heterocycles. The van der Waals surface area contributed by atoms with Gasteiger partial charge in [0.05, 0.1) is 29.9 Å². The molecule has 0 saturated carbocycles. The van der Waals surface area contributed by atoms with Gasteiger partial charge in [0, 0.05) is 36.3 Å². The maximum Gasteiger partial charge on any atom is 0.233 e. The van der Waals surface area contributed by atoms with Crippen molar-refractivity contribution in [1.29, 1.82) is 0 Å². The Balaban J connectivity index is 0.00000342. The highest BCUT2D eigenvalue weighted by Gasteiger charge is 2.21. The van der Waals surface area contributed by atoms with E-state index in [2.05, 4.69) is 69.0 Å². The van der Waals surface area contributed by atoms with Crippen LogP contribution in [0, 0.1) is 13.8 Å². The van der Waals surface area contributed by atoms with E-state index in [4.69, 9.17) is 9.72 Å². The second-order valence-electron chi connectivity index (χ2n) is 9.27. The normalized spacial score (nSPS) is 14.3. The molecule has 2 aromatic carbocycles. The van der Waals surface area contributed by atoms with Crippen molar-refractivity contribution in [1.82, 2.24) is 9.88 Å². The number of nitrogens with zero attached hydrogens (tertiary/aromatic N) is 3. The molecule has 1 aliphatic heterocycles. The lowest BCUT2D eigenvalue weighted by atomic mass is 10.1. The lowest BCUT2D eigenvalue weighted by Crippen LogP contribution is -2.39.